The first kappa shape index (κ1) is 21.5. The van der Waals surface area contributed by atoms with Gasteiger partial charge in [0.2, 0.25) is 15.9 Å². The van der Waals surface area contributed by atoms with Crippen molar-refractivity contribution in [2.24, 2.45) is 0 Å². The number of sulfonamides is 1. The van der Waals surface area contributed by atoms with Gasteiger partial charge in [0.15, 0.2) is 0 Å². The SMILES string of the molecule is Cc1ccc(S(=O)(=O)N2CCCN(CC(=O)Nc3cccc4ccccc34)CC2)cc1. The molecule has 1 amide bonds. The Kier molecular flexibility index (Phi) is 6.36. The summed E-state index contributed by atoms with van der Waals surface area (Å²) < 4.78 is 27.5. The molecule has 0 atom stereocenters. The van der Waals surface area contributed by atoms with Gasteiger partial charge in [-0.3, -0.25) is 9.69 Å². The first-order chi connectivity index (χ1) is 14.9. The van der Waals surface area contributed by atoms with Crippen LogP contribution in [0.15, 0.2) is 71.6 Å². The number of nitrogens with zero attached hydrogens (tertiary/aromatic N) is 2. The van der Waals surface area contributed by atoms with E-state index in [4.69, 9.17) is 0 Å². The molecule has 4 rings (SSSR count). The molecule has 6 nitrogen and oxygen atoms in total. The second kappa shape index (κ2) is 9.18. The van der Waals surface area contributed by atoms with E-state index in [1.54, 1.807) is 12.1 Å². The van der Waals surface area contributed by atoms with Crippen molar-refractivity contribution in [1.29, 1.82) is 0 Å². The van der Waals surface area contributed by atoms with Gasteiger partial charge in [0.1, 0.15) is 0 Å². The molecule has 1 saturated heterocycles. The van der Waals surface area contributed by atoms with Crippen molar-refractivity contribution in [2.45, 2.75) is 18.2 Å². The maximum absolute atomic E-state index is 13.0. The van der Waals surface area contributed by atoms with E-state index in [1.165, 1.54) is 4.31 Å². The lowest BCUT2D eigenvalue weighted by Gasteiger charge is -2.21. The van der Waals surface area contributed by atoms with Crippen molar-refractivity contribution >= 4 is 32.4 Å². The zero-order valence-electron chi connectivity index (χ0n) is 17.6. The fourth-order valence-electron chi connectivity index (χ4n) is 3.93. The lowest BCUT2D eigenvalue weighted by atomic mass is 10.1. The molecule has 1 aliphatic rings. The summed E-state index contributed by atoms with van der Waals surface area (Å²) in [7, 11) is -3.52. The number of rotatable bonds is 5. The Morgan fingerprint density at radius 2 is 1.65 bits per heavy atom. The maximum Gasteiger partial charge on any atom is 0.243 e. The van der Waals surface area contributed by atoms with Gasteiger partial charge in [0.05, 0.1) is 11.4 Å². The monoisotopic (exact) mass is 437 g/mol. The second-order valence-corrected chi connectivity index (χ2v) is 9.86. The topological polar surface area (TPSA) is 69.7 Å². The summed E-state index contributed by atoms with van der Waals surface area (Å²) in [5, 5.41) is 5.09. The fourth-order valence-corrected chi connectivity index (χ4v) is 5.40. The van der Waals surface area contributed by atoms with Gasteiger partial charge in [-0.05, 0) is 43.5 Å². The van der Waals surface area contributed by atoms with Crippen molar-refractivity contribution in [3.63, 3.8) is 0 Å². The van der Waals surface area contributed by atoms with Gasteiger partial charge in [-0.25, -0.2) is 8.42 Å². The molecular formula is C24H27N3O3S. The van der Waals surface area contributed by atoms with Crippen molar-refractivity contribution < 1.29 is 13.2 Å². The van der Waals surface area contributed by atoms with E-state index >= 15 is 0 Å². The van der Waals surface area contributed by atoms with Crippen molar-refractivity contribution in [3.8, 4) is 0 Å². The van der Waals surface area contributed by atoms with Gasteiger partial charge < -0.3 is 5.32 Å². The van der Waals surface area contributed by atoms with Crippen LogP contribution in [0.2, 0.25) is 0 Å². The van der Waals surface area contributed by atoms with E-state index in [-0.39, 0.29) is 12.5 Å². The highest BCUT2D eigenvalue weighted by atomic mass is 32.2. The highest BCUT2D eigenvalue weighted by molar-refractivity contribution is 7.89. The highest BCUT2D eigenvalue weighted by Crippen LogP contribution is 2.23. The van der Waals surface area contributed by atoms with Crippen molar-refractivity contribution in [2.75, 3.05) is 38.0 Å². The number of amides is 1. The zero-order valence-corrected chi connectivity index (χ0v) is 18.4. The summed E-state index contributed by atoms with van der Waals surface area (Å²) in [6.45, 7) is 4.21. The van der Waals surface area contributed by atoms with Crippen LogP contribution in [0, 0.1) is 6.92 Å². The van der Waals surface area contributed by atoms with Gasteiger partial charge in [-0.15, -0.1) is 0 Å². The third-order valence-electron chi connectivity index (χ3n) is 5.64. The number of hydrogen-bond donors (Lipinski definition) is 1. The quantitative estimate of drug-likeness (QED) is 0.664. The molecule has 1 N–H and O–H groups in total. The molecule has 0 spiro atoms. The van der Waals surface area contributed by atoms with Crippen LogP contribution < -0.4 is 5.32 Å². The Bertz CT molecular complexity index is 1170. The van der Waals surface area contributed by atoms with Crippen LogP contribution in [-0.2, 0) is 14.8 Å². The lowest BCUT2D eigenvalue weighted by molar-refractivity contribution is -0.117. The predicted octanol–water partition coefficient (Wildman–Crippen LogP) is 3.48. The molecule has 0 bridgehead atoms. The molecule has 0 saturated carbocycles. The van der Waals surface area contributed by atoms with E-state index < -0.39 is 10.0 Å². The first-order valence-electron chi connectivity index (χ1n) is 10.5. The van der Waals surface area contributed by atoms with Crippen LogP contribution in [0.25, 0.3) is 10.8 Å². The molecule has 1 heterocycles. The van der Waals surface area contributed by atoms with Crippen molar-refractivity contribution in [3.05, 3.63) is 72.3 Å². The predicted molar refractivity (Wildman–Crippen MR) is 124 cm³/mol. The Morgan fingerprint density at radius 3 is 2.45 bits per heavy atom. The Hall–Kier alpha value is -2.74. The molecule has 0 aliphatic carbocycles. The number of hydrogen-bond acceptors (Lipinski definition) is 4. The van der Waals surface area contributed by atoms with Gasteiger partial charge in [-0.2, -0.15) is 4.31 Å². The smallest absolute Gasteiger partial charge is 0.243 e. The molecule has 3 aromatic rings. The fraction of sp³-hybridized carbons (Fsp3) is 0.292. The number of carbonyl (C=O) groups excluding carboxylic acids is 1. The first-order valence-corrected chi connectivity index (χ1v) is 11.9. The zero-order chi connectivity index (χ0) is 21.8. The molecule has 0 radical (unpaired) electrons. The average Bonchev–Trinajstić information content (AvgIpc) is 3.00. The summed E-state index contributed by atoms with van der Waals surface area (Å²) in [6, 6.07) is 20.7. The number of carbonyl (C=O) groups is 1. The molecule has 0 aromatic heterocycles. The van der Waals surface area contributed by atoms with Crippen LogP contribution in [0.5, 0.6) is 0 Å². The molecule has 162 valence electrons. The summed E-state index contributed by atoms with van der Waals surface area (Å²) in [4.78, 5) is 15.0. The average molecular weight is 438 g/mol. The van der Waals surface area contributed by atoms with E-state index in [0.717, 1.165) is 22.0 Å². The molecule has 1 aliphatic heterocycles. The van der Waals surface area contributed by atoms with Gasteiger partial charge >= 0.3 is 0 Å². The van der Waals surface area contributed by atoms with Gasteiger partial charge in [-0.1, -0.05) is 54.1 Å². The standard InChI is InChI=1S/C24H27N3O3S/c1-19-10-12-21(13-11-19)31(29,30)27-15-5-14-26(16-17-27)18-24(28)25-23-9-4-7-20-6-2-3-8-22(20)23/h2-4,6-13H,5,14-18H2,1H3,(H,25,28). The van der Waals surface area contributed by atoms with E-state index in [9.17, 15) is 13.2 Å². The second-order valence-electron chi connectivity index (χ2n) is 7.92. The summed E-state index contributed by atoms with van der Waals surface area (Å²) >= 11 is 0. The number of fused-ring (bicyclic) bond motifs is 1. The minimum atomic E-state index is -3.52. The van der Waals surface area contributed by atoms with E-state index in [1.807, 2.05) is 66.4 Å². The minimum absolute atomic E-state index is 0.0915. The van der Waals surface area contributed by atoms with Crippen LogP contribution in [0.4, 0.5) is 5.69 Å². The van der Waals surface area contributed by atoms with E-state index in [0.29, 0.717) is 37.5 Å². The van der Waals surface area contributed by atoms with Crippen LogP contribution >= 0.6 is 0 Å². The molecule has 1 fully saturated rings. The molecule has 3 aromatic carbocycles. The molecule has 7 heteroatoms. The molecule has 0 unspecified atom stereocenters. The highest BCUT2D eigenvalue weighted by Gasteiger charge is 2.27. The number of benzene rings is 3. The Morgan fingerprint density at radius 1 is 0.903 bits per heavy atom. The van der Waals surface area contributed by atoms with Crippen LogP contribution in [-0.4, -0.2) is 56.3 Å². The lowest BCUT2D eigenvalue weighted by Crippen LogP contribution is -2.38. The minimum Gasteiger partial charge on any atom is -0.324 e. The molecular weight excluding hydrogens is 410 g/mol. The third kappa shape index (κ3) is 4.95. The largest absolute Gasteiger partial charge is 0.324 e. The normalized spacial score (nSPS) is 16.2. The summed E-state index contributed by atoms with van der Waals surface area (Å²) in [5.41, 5.74) is 1.82. The molecule has 31 heavy (non-hydrogen) atoms. The van der Waals surface area contributed by atoms with Crippen LogP contribution in [0.1, 0.15) is 12.0 Å². The maximum atomic E-state index is 13.0. The van der Waals surface area contributed by atoms with E-state index in [2.05, 4.69) is 5.32 Å². The van der Waals surface area contributed by atoms with Crippen LogP contribution in [0.3, 0.4) is 0 Å². The van der Waals surface area contributed by atoms with Gasteiger partial charge in [0.25, 0.3) is 0 Å². The summed E-state index contributed by atoms with van der Waals surface area (Å²) in [5.74, 6) is -0.0915. The number of aryl methyl sites for hydroxylation is 1. The Labute approximate surface area is 183 Å². The van der Waals surface area contributed by atoms with Crippen molar-refractivity contribution in [1.82, 2.24) is 9.21 Å². The number of nitrogens with one attached hydrogen (secondary N) is 1. The summed E-state index contributed by atoms with van der Waals surface area (Å²) in [6.07, 6.45) is 0.687. The van der Waals surface area contributed by atoms with Gasteiger partial charge in [0, 0.05) is 30.7 Å². The third-order valence-corrected chi connectivity index (χ3v) is 7.55. The Balaban J connectivity index is 1.38. The number of anilines is 1.